The number of rotatable bonds is 8. The first-order chi connectivity index (χ1) is 12.5. The lowest BCUT2D eigenvalue weighted by Gasteiger charge is -2.09. The Balaban J connectivity index is 2.17. The molecule has 0 aliphatic heterocycles. The van der Waals surface area contributed by atoms with E-state index in [9.17, 15) is 9.18 Å². The highest BCUT2D eigenvalue weighted by Gasteiger charge is 2.20. The lowest BCUT2D eigenvalue weighted by atomic mass is 9.99. The molecule has 2 aromatic rings. The molecule has 0 saturated heterocycles. The maximum Gasteiger partial charge on any atom is 0.190 e. The van der Waals surface area contributed by atoms with Crippen molar-refractivity contribution in [1.82, 2.24) is 0 Å². The predicted molar refractivity (Wildman–Crippen MR) is 103 cm³/mol. The van der Waals surface area contributed by atoms with Crippen molar-refractivity contribution < 1.29 is 9.18 Å². The molecule has 2 N–H and O–H groups in total. The van der Waals surface area contributed by atoms with E-state index in [1.165, 1.54) is 18.3 Å². The summed E-state index contributed by atoms with van der Waals surface area (Å²) in [6.07, 6.45) is 2.50. The average Bonchev–Trinajstić information content (AvgIpc) is 2.66. The summed E-state index contributed by atoms with van der Waals surface area (Å²) >= 11 is 0. The summed E-state index contributed by atoms with van der Waals surface area (Å²) in [5, 5.41) is 15.4. The van der Waals surface area contributed by atoms with E-state index in [0.717, 1.165) is 6.21 Å². The number of carbonyl (C=O) groups is 1. The maximum absolute atomic E-state index is 13.6. The van der Waals surface area contributed by atoms with Crippen molar-refractivity contribution in [3.05, 3.63) is 60.4 Å². The summed E-state index contributed by atoms with van der Waals surface area (Å²) in [5.74, 6) is -1.68. The Labute approximate surface area is 151 Å². The van der Waals surface area contributed by atoms with E-state index in [2.05, 4.69) is 9.98 Å². The minimum atomic E-state index is -0.714. The molecule has 2 rings (SSSR count). The second-order valence-electron chi connectivity index (χ2n) is 5.56. The number of carbonyl (C=O) groups excluding carboxylic acids is 1. The summed E-state index contributed by atoms with van der Waals surface area (Å²) in [5.41, 5.74) is 0.679. The highest BCUT2D eigenvalue weighted by Crippen LogP contribution is 2.16. The third-order valence-electron chi connectivity index (χ3n) is 3.55. The zero-order valence-corrected chi connectivity index (χ0v) is 14.3. The molecule has 1 atom stereocenters. The van der Waals surface area contributed by atoms with Gasteiger partial charge in [0.2, 0.25) is 0 Å². The van der Waals surface area contributed by atoms with Crippen LogP contribution in [-0.2, 0) is 4.79 Å². The molecule has 0 aliphatic rings. The zero-order chi connectivity index (χ0) is 18.9. The van der Waals surface area contributed by atoms with Crippen molar-refractivity contribution in [2.45, 2.75) is 13.3 Å². The van der Waals surface area contributed by atoms with Crippen LogP contribution in [0.25, 0.3) is 0 Å². The summed E-state index contributed by atoms with van der Waals surface area (Å²) < 4.78 is 13.6. The maximum atomic E-state index is 13.6. The van der Waals surface area contributed by atoms with Gasteiger partial charge < -0.3 is 5.41 Å². The van der Waals surface area contributed by atoms with Crippen molar-refractivity contribution in [1.29, 1.82) is 10.8 Å². The van der Waals surface area contributed by atoms with Crippen LogP contribution in [0.15, 0.2) is 64.6 Å². The van der Waals surface area contributed by atoms with Crippen LogP contribution in [0.5, 0.6) is 0 Å². The van der Waals surface area contributed by atoms with Crippen LogP contribution in [0.4, 0.5) is 15.8 Å². The predicted octanol–water partition coefficient (Wildman–Crippen LogP) is 4.57. The van der Waals surface area contributed by atoms with E-state index < -0.39 is 17.5 Å². The van der Waals surface area contributed by atoms with Crippen LogP contribution in [0.1, 0.15) is 13.3 Å². The minimum absolute atomic E-state index is 0.0800. The monoisotopic (exact) mass is 350 g/mol. The first kappa shape index (κ1) is 19.1. The van der Waals surface area contributed by atoms with Gasteiger partial charge in [0.25, 0.3) is 0 Å². The standard InChI is InChI=1S/C20H19FN4O/c1-14(13-24-17-10-6-5-9-16(17)21)20(26)19(23)18(11-12-22)25-15-7-3-2-4-8-15/h2-10,12-14,22-23H,11H2,1H3. The van der Waals surface area contributed by atoms with Gasteiger partial charge in [-0.2, -0.15) is 0 Å². The van der Waals surface area contributed by atoms with Gasteiger partial charge in [0.05, 0.1) is 23.0 Å². The van der Waals surface area contributed by atoms with Gasteiger partial charge in [-0.15, -0.1) is 0 Å². The summed E-state index contributed by atoms with van der Waals surface area (Å²) in [6, 6.07) is 15.0. The molecule has 5 nitrogen and oxygen atoms in total. The third kappa shape index (κ3) is 5.11. The van der Waals surface area contributed by atoms with Crippen LogP contribution < -0.4 is 0 Å². The molecule has 0 fully saturated rings. The molecule has 0 spiro atoms. The molecule has 0 heterocycles. The lowest BCUT2D eigenvalue weighted by Crippen LogP contribution is -2.29. The van der Waals surface area contributed by atoms with E-state index in [-0.39, 0.29) is 23.5 Å². The number of nitrogens with one attached hydrogen (secondary N) is 2. The topological polar surface area (TPSA) is 89.5 Å². The Hall–Kier alpha value is -3.28. The molecular formula is C20H19FN4O. The number of ketones is 1. The normalized spacial score (nSPS) is 12.8. The highest BCUT2D eigenvalue weighted by atomic mass is 19.1. The molecule has 132 valence electrons. The molecule has 2 aromatic carbocycles. The van der Waals surface area contributed by atoms with Gasteiger partial charge in [0, 0.05) is 18.9 Å². The number of hydrogen-bond donors (Lipinski definition) is 2. The highest BCUT2D eigenvalue weighted by molar-refractivity contribution is 6.68. The fourth-order valence-electron chi connectivity index (χ4n) is 2.14. The second-order valence-corrected chi connectivity index (χ2v) is 5.56. The smallest absolute Gasteiger partial charge is 0.190 e. The summed E-state index contributed by atoms with van der Waals surface area (Å²) in [6.45, 7) is 1.59. The van der Waals surface area contributed by atoms with E-state index in [4.69, 9.17) is 10.8 Å². The van der Waals surface area contributed by atoms with Crippen LogP contribution in [0.2, 0.25) is 0 Å². The van der Waals surface area contributed by atoms with Crippen molar-refractivity contribution in [3.63, 3.8) is 0 Å². The Bertz CT molecular complexity index is 859. The Kier molecular flexibility index (Phi) is 6.79. The number of para-hydroxylation sites is 2. The van der Waals surface area contributed by atoms with Gasteiger partial charge in [-0.05, 0) is 24.3 Å². The first-order valence-corrected chi connectivity index (χ1v) is 8.06. The van der Waals surface area contributed by atoms with Crippen LogP contribution >= 0.6 is 0 Å². The van der Waals surface area contributed by atoms with E-state index in [1.54, 1.807) is 43.3 Å². The fourth-order valence-corrected chi connectivity index (χ4v) is 2.14. The quantitative estimate of drug-likeness (QED) is 0.671. The van der Waals surface area contributed by atoms with E-state index in [1.807, 2.05) is 6.07 Å². The van der Waals surface area contributed by atoms with Crippen LogP contribution in [0.3, 0.4) is 0 Å². The number of hydrogen-bond acceptors (Lipinski definition) is 5. The molecule has 0 amide bonds. The van der Waals surface area contributed by atoms with Gasteiger partial charge >= 0.3 is 0 Å². The number of benzene rings is 2. The van der Waals surface area contributed by atoms with Crippen molar-refractivity contribution in [3.8, 4) is 0 Å². The summed E-state index contributed by atoms with van der Waals surface area (Å²) in [4.78, 5) is 20.8. The second kappa shape index (κ2) is 9.27. The molecule has 0 bridgehead atoms. The minimum Gasteiger partial charge on any atom is -0.313 e. The number of nitrogens with zero attached hydrogens (tertiary/aromatic N) is 2. The summed E-state index contributed by atoms with van der Waals surface area (Å²) in [7, 11) is 0. The Morgan fingerprint density at radius 2 is 1.81 bits per heavy atom. The molecule has 1 unspecified atom stereocenters. The molecule has 0 aromatic heterocycles. The van der Waals surface area contributed by atoms with Crippen molar-refractivity contribution >= 4 is 41.0 Å². The molecule has 6 heteroatoms. The first-order valence-electron chi connectivity index (χ1n) is 8.06. The number of Topliss-reactive ketones (excluding diaryl/α,β-unsaturated/α-hetero) is 1. The molecule has 0 saturated carbocycles. The van der Waals surface area contributed by atoms with Gasteiger partial charge in [0.1, 0.15) is 11.5 Å². The van der Waals surface area contributed by atoms with Gasteiger partial charge in [-0.25, -0.2) is 4.39 Å². The molecule has 0 radical (unpaired) electrons. The zero-order valence-electron chi connectivity index (χ0n) is 14.3. The van der Waals surface area contributed by atoms with Gasteiger partial charge in [-0.1, -0.05) is 37.3 Å². The third-order valence-corrected chi connectivity index (χ3v) is 3.55. The average molecular weight is 350 g/mol. The van der Waals surface area contributed by atoms with E-state index >= 15 is 0 Å². The Morgan fingerprint density at radius 1 is 1.15 bits per heavy atom. The Morgan fingerprint density at radius 3 is 2.46 bits per heavy atom. The molecule has 0 aliphatic carbocycles. The molecular weight excluding hydrogens is 331 g/mol. The largest absolute Gasteiger partial charge is 0.313 e. The van der Waals surface area contributed by atoms with Gasteiger partial charge in [-0.3, -0.25) is 20.2 Å². The fraction of sp³-hybridized carbons (Fsp3) is 0.150. The van der Waals surface area contributed by atoms with Crippen molar-refractivity contribution in [2.24, 2.45) is 15.9 Å². The van der Waals surface area contributed by atoms with Crippen LogP contribution in [-0.4, -0.2) is 29.6 Å². The number of halogens is 1. The molecule has 26 heavy (non-hydrogen) atoms. The van der Waals surface area contributed by atoms with Crippen molar-refractivity contribution in [2.75, 3.05) is 0 Å². The van der Waals surface area contributed by atoms with Crippen LogP contribution in [0, 0.1) is 22.6 Å². The lowest BCUT2D eigenvalue weighted by molar-refractivity contribution is -0.114. The van der Waals surface area contributed by atoms with E-state index in [0.29, 0.717) is 5.69 Å². The number of aliphatic imine (C=N–C) groups is 2. The van der Waals surface area contributed by atoms with Gasteiger partial charge in [0.15, 0.2) is 5.78 Å². The SMILES string of the molecule is CC(C=Nc1ccccc1F)C(=O)C(=N)C(CC=N)=Nc1ccccc1.